The number of nitrogens with two attached hydrogens (primary N) is 1. The molecule has 1 fully saturated rings. The van der Waals surface area contributed by atoms with E-state index in [4.69, 9.17) is 19.6 Å². The molecule has 4 rings (SSSR count). The summed E-state index contributed by atoms with van der Waals surface area (Å²) < 4.78 is 17.2. The number of fused-ring (bicyclic) bond motifs is 1. The molecule has 0 bridgehead atoms. The van der Waals surface area contributed by atoms with Crippen LogP contribution in [0.4, 0.5) is 0 Å². The summed E-state index contributed by atoms with van der Waals surface area (Å²) in [6, 6.07) is 15.2. The molecule has 1 saturated carbocycles. The van der Waals surface area contributed by atoms with Crippen molar-refractivity contribution >= 4 is 11.1 Å². The van der Waals surface area contributed by atoms with Crippen molar-refractivity contribution in [1.82, 2.24) is 4.98 Å². The molecule has 1 aliphatic carbocycles. The number of nitrogens with zero attached hydrogens (tertiary/aromatic N) is 1. The van der Waals surface area contributed by atoms with E-state index in [0.29, 0.717) is 11.3 Å². The second-order valence-electron chi connectivity index (χ2n) is 7.63. The van der Waals surface area contributed by atoms with Gasteiger partial charge in [0.1, 0.15) is 17.0 Å². The average molecular weight is 380 g/mol. The number of para-hydroxylation sites is 2. The monoisotopic (exact) mass is 380 g/mol. The van der Waals surface area contributed by atoms with E-state index in [1.54, 1.807) is 0 Å². The number of ether oxygens (including phenoxy) is 2. The maximum absolute atomic E-state index is 5.94. The fourth-order valence-corrected chi connectivity index (χ4v) is 4.11. The molecule has 5 heteroatoms. The molecule has 1 aromatic heterocycles. The van der Waals surface area contributed by atoms with Crippen LogP contribution in [0.5, 0.6) is 17.6 Å². The molecule has 1 aliphatic rings. The Hall–Kier alpha value is -2.53. The molecular weight excluding hydrogens is 352 g/mol. The first-order valence-electron chi connectivity index (χ1n) is 10.3. The zero-order valence-corrected chi connectivity index (χ0v) is 16.2. The molecule has 3 aromatic rings. The number of hydrogen-bond acceptors (Lipinski definition) is 5. The predicted molar refractivity (Wildman–Crippen MR) is 110 cm³/mol. The van der Waals surface area contributed by atoms with Gasteiger partial charge < -0.3 is 19.6 Å². The summed E-state index contributed by atoms with van der Waals surface area (Å²) in [5.74, 6) is 3.12. The lowest BCUT2D eigenvalue weighted by Gasteiger charge is -2.28. The summed E-state index contributed by atoms with van der Waals surface area (Å²) in [7, 11) is 0. The summed E-state index contributed by atoms with van der Waals surface area (Å²) in [5.41, 5.74) is 7.22. The molecule has 2 N–H and O–H groups in total. The Morgan fingerprint density at radius 3 is 2.50 bits per heavy atom. The third-order valence-corrected chi connectivity index (χ3v) is 5.56. The number of rotatable bonds is 8. The summed E-state index contributed by atoms with van der Waals surface area (Å²) in [5, 5.41) is 0. The molecule has 2 aromatic carbocycles. The van der Waals surface area contributed by atoms with Crippen molar-refractivity contribution in [3.05, 3.63) is 48.5 Å². The minimum atomic E-state index is 0.249. The van der Waals surface area contributed by atoms with Crippen LogP contribution in [0, 0.1) is 11.8 Å². The first kappa shape index (κ1) is 18.8. The van der Waals surface area contributed by atoms with Crippen molar-refractivity contribution in [2.24, 2.45) is 17.6 Å². The third kappa shape index (κ3) is 4.84. The number of benzene rings is 2. The largest absolute Gasteiger partial charge is 0.494 e. The van der Waals surface area contributed by atoms with Crippen LogP contribution in [0.25, 0.3) is 11.1 Å². The molecule has 0 radical (unpaired) electrons. The van der Waals surface area contributed by atoms with Crippen LogP contribution in [0.15, 0.2) is 52.9 Å². The second-order valence-corrected chi connectivity index (χ2v) is 7.63. The first-order chi connectivity index (χ1) is 13.8. The summed E-state index contributed by atoms with van der Waals surface area (Å²) >= 11 is 0. The smallest absolute Gasteiger partial charge is 0.400 e. The lowest BCUT2D eigenvalue weighted by molar-refractivity contribution is 0.206. The van der Waals surface area contributed by atoms with Gasteiger partial charge in [0.15, 0.2) is 5.58 Å². The van der Waals surface area contributed by atoms with Gasteiger partial charge in [-0.15, -0.1) is 0 Å². The highest BCUT2D eigenvalue weighted by Crippen LogP contribution is 2.33. The third-order valence-electron chi connectivity index (χ3n) is 5.56. The Bertz CT molecular complexity index is 840. The molecule has 2 atom stereocenters. The molecule has 0 saturated heterocycles. The van der Waals surface area contributed by atoms with Crippen LogP contribution in [0.2, 0.25) is 0 Å². The topological polar surface area (TPSA) is 70.5 Å². The van der Waals surface area contributed by atoms with E-state index in [-0.39, 0.29) is 6.08 Å². The van der Waals surface area contributed by atoms with Gasteiger partial charge in [-0.2, -0.15) is 4.98 Å². The van der Waals surface area contributed by atoms with Crippen molar-refractivity contribution in [3.8, 4) is 17.6 Å². The zero-order valence-electron chi connectivity index (χ0n) is 16.2. The van der Waals surface area contributed by atoms with E-state index >= 15 is 0 Å². The van der Waals surface area contributed by atoms with Gasteiger partial charge in [-0.05, 0) is 74.0 Å². The van der Waals surface area contributed by atoms with E-state index < -0.39 is 0 Å². The van der Waals surface area contributed by atoms with Gasteiger partial charge in [-0.1, -0.05) is 31.4 Å². The number of hydrogen-bond donors (Lipinski definition) is 1. The Morgan fingerprint density at radius 2 is 1.71 bits per heavy atom. The number of aromatic nitrogens is 1. The summed E-state index contributed by atoms with van der Waals surface area (Å²) in [6.07, 6.45) is 7.83. The van der Waals surface area contributed by atoms with Crippen molar-refractivity contribution in [2.75, 3.05) is 13.2 Å². The highest BCUT2D eigenvalue weighted by molar-refractivity contribution is 5.72. The van der Waals surface area contributed by atoms with Gasteiger partial charge in [-0.3, -0.25) is 0 Å². The molecule has 0 spiro atoms. The zero-order chi connectivity index (χ0) is 19.2. The molecule has 0 aliphatic heterocycles. The van der Waals surface area contributed by atoms with E-state index in [1.807, 2.05) is 48.5 Å². The quantitative estimate of drug-likeness (QED) is 0.555. The van der Waals surface area contributed by atoms with Crippen LogP contribution < -0.4 is 15.2 Å². The molecule has 2 unspecified atom stereocenters. The maximum Gasteiger partial charge on any atom is 0.400 e. The fraction of sp³-hybridized carbons (Fsp3) is 0.435. The Morgan fingerprint density at radius 1 is 0.964 bits per heavy atom. The lowest BCUT2D eigenvalue weighted by atomic mass is 9.78. The minimum absolute atomic E-state index is 0.249. The van der Waals surface area contributed by atoms with Gasteiger partial charge in [0.25, 0.3) is 0 Å². The highest BCUT2D eigenvalue weighted by Gasteiger charge is 2.21. The first-order valence-corrected chi connectivity index (χ1v) is 10.3. The van der Waals surface area contributed by atoms with Gasteiger partial charge in [-0.25, -0.2) is 0 Å². The standard InChI is InChI=1S/C23H28N2O3/c24-14-12-17-4-3-5-18(16-17)13-15-26-19-8-10-20(11-9-19)27-23-25-21-6-1-2-7-22(21)28-23/h1-2,6-11,17-18H,3-5,12-16,24H2. The fourth-order valence-electron chi connectivity index (χ4n) is 4.11. The highest BCUT2D eigenvalue weighted by atomic mass is 16.6. The Balaban J connectivity index is 1.25. The SMILES string of the molecule is NCCC1CCCC(CCOc2ccc(Oc3nc4ccccc4o3)cc2)C1. The second kappa shape index (κ2) is 9.11. The van der Waals surface area contributed by atoms with Gasteiger partial charge in [0, 0.05) is 0 Å². The average Bonchev–Trinajstić information content (AvgIpc) is 3.12. The molecule has 1 heterocycles. The number of oxazole rings is 1. The lowest BCUT2D eigenvalue weighted by Crippen LogP contribution is -2.20. The maximum atomic E-state index is 5.94. The molecule has 5 nitrogen and oxygen atoms in total. The van der Waals surface area contributed by atoms with Crippen LogP contribution in [-0.2, 0) is 0 Å². The molecule has 0 amide bonds. The minimum Gasteiger partial charge on any atom is -0.494 e. The van der Waals surface area contributed by atoms with E-state index in [0.717, 1.165) is 42.7 Å². The van der Waals surface area contributed by atoms with Crippen molar-refractivity contribution in [1.29, 1.82) is 0 Å². The van der Waals surface area contributed by atoms with Crippen LogP contribution in [-0.4, -0.2) is 18.1 Å². The summed E-state index contributed by atoms with van der Waals surface area (Å²) in [6.45, 7) is 1.57. The normalized spacial score (nSPS) is 19.6. The Kier molecular flexibility index (Phi) is 6.12. The van der Waals surface area contributed by atoms with E-state index in [2.05, 4.69) is 4.98 Å². The van der Waals surface area contributed by atoms with E-state index in [1.165, 1.54) is 32.1 Å². The van der Waals surface area contributed by atoms with Gasteiger partial charge >= 0.3 is 6.08 Å². The van der Waals surface area contributed by atoms with E-state index in [9.17, 15) is 0 Å². The Labute approximate surface area is 165 Å². The summed E-state index contributed by atoms with van der Waals surface area (Å²) in [4.78, 5) is 4.32. The van der Waals surface area contributed by atoms with Crippen molar-refractivity contribution < 1.29 is 13.9 Å². The van der Waals surface area contributed by atoms with Gasteiger partial charge in [0.2, 0.25) is 0 Å². The van der Waals surface area contributed by atoms with Crippen LogP contribution in [0.3, 0.4) is 0 Å². The van der Waals surface area contributed by atoms with Crippen LogP contribution >= 0.6 is 0 Å². The van der Waals surface area contributed by atoms with Crippen molar-refractivity contribution in [3.63, 3.8) is 0 Å². The predicted octanol–water partition coefficient (Wildman–Crippen LogP) is 5.54. The molecule has 148 valence electrons. The van der Waals surface area contributed by atoms with Crippen LogP contribution in [0.1, 0.15) is 38.5 Å². The van der Waals surface area contributed by atoms with Crippen molar-refractivity contribution in [2.45, 2.75) is 38.5 Å². The van der Waals surface area contributed by atoms with Gasteiger partial charge in [0.05, 0.1) is 6.61 Å². The molecular formula is C23H28N2O3. The molecule has 28 heavy (non-hydrogen) atoms.